The highest BCUT2D eigenvalue weighted by molar-refractivity contribution is 7.89. The summed E-state index contributed by atoms with van der Waals surface area (Å²) in [6.45, 7) is 0. The number of nitrogens with one attached hydrogen (secondary N) is 2. The van der Waals surface area contributed by atoms with Crippen molar-refractivity contribution < 1.29 is 22.0 Å². The molecule has 3 rings (SSSR count). The largest absolute Gasteiger partial charge is 0.273 e. The lowest BCUT2D eigenvalue weighted by Gasteiger charge is -2.10. The smallest absolute Gasteiger partial charge is 0.266 e. The van der Waals surface area contributed by atoms with E-state index < -0.39 is 27.6 Å². The molecule has 0 aliphatic rings. The maximum Gasteiger partial charge on any atom is 0.266 e. The van der Waals surface area contributed by atoms with Gasteiger partial charge in [0.25, 0.3) is 15.9 Å². The van der Waals surface area contributed by atoms with Crippen molar-refractivity contribution in [3.05, 3.63) is 84.1 Å². The molecule has 0 radical (unpaired) electrons. The van der Waals surface area contributed by atoms with Gasteiger partial charge in [0.2, 0.25) is 0 Å². The summed E-state index contributed by atoms with van der Waals surface area (Å²) in [6, 6.07) is 12.8. The van der Waals surface area contributed by atoms with Crippen LogP contribution >= 0.6 is 0 Å². The van der Waals surface area contributed by atoms with Gasteiger partial charge in [0.1, 0.15) is 11.6 Å². The number of hydrogen-bond acceptors (Lipinski definition) is 4. The van der Waals surface area contributed by atoms with Gasteiger partial charge >= 0.3 is 0 Å². The molecule has 1 heterocycles. The summed E-state index contributed by atoms with van der Waals surface area (Å²) < 4.78 is 51.3. The third-order valence-corrected chi connectivity index (χ3v) is 4.77. The van der Waals surface area contributed by atoms with Crippen LogP contribution < -0.4 is 10.3 Å². The molecule has 0 saturated heterocycles. The van der Waals surface area contributed by atoms with Gasteiger partial charge in [-0.05, 0) is 48.5 Å². The minimum atomic E-state index is -4.19. The Balaban J connectivity index is 1.80. The topological polar surface area (TPSA) is 88.2 Å². The van der Waals surface area contributed by atoms with E-state index in [4.69, 9.17) is 0 Å². The van der Waals surface area contributed by atoms with Gasteiger partial charge in [-0.25, -0.2) is 17.2 Å². The van der Waals surface area contributed by atoms with Gasteiger partial charge in [-0.15, -0.1) is 4.83 Å². The van der Waals surface area contributed by atoms with Crippen LogP contribution in [-0.4, -0.2) is 19.3 Å². The number of hydrazine groups is 1. The minimum absolute atomic E-state index is 0.113. The number of aromatic nitrogens is 1. The second kappa shape index (κ2) is 7.60. The summed E-state index contributed by atoms with van der Waals surface area (Å²) in [7, 11) is -4.19. The Hall–Kier alpha value is -3.17. The van der Waals surface area contributed by atoms with Crippen LogP contribution in [-0.2, 0) is 10.0 Å². The Labute approximate surface area is 153 Å². The average Bonchev–Trinajstić information content (AvgIpc) is 2.66. The van der Waals surface area contributed by atoms with Crippen LogP contribution in [0.3, 0.4) is 0 Å². The molecular weight excluding hydrogens is 376 g/mol. The second-order valence-corrected chi connectivity index (χ2v) is 7.14. The number of rotatable bonds is 5. The first-order chi connectivity index (χ1) is 12.8. The Morgan fingerprint density at radius 3 is 2.44 bits per heavy atom. The zero-order valence-corrected chi connectivity index (χ0v) is 14.5. The number of halogens is 2. The van der Waals surface area contributed by atoms with Crippen LogP contribution in [0.2, 0.25) is 0 Å². The van der Waals surface area contributed by atoms with Crippen LogP contribution in [0.25, 0.3) is 11.3 Å². The molecule has 0 aliphatic carbocycles. The van der Waals surface area contributed by atoms with E-state index in [0.717, 1.165) is 18.2 Å². The first-order valence-electron chi connectivity index (χ1n) is 7.65. The molecule has 2 aromatic carbocycles. The number of amides is 1. The van der Waals surface area contributed by atoms with E-state index in [-0.39, 0.29) is 10.5 Å². The van der Waals surface area contributed by atoms with Crippen LogP contribution in [0, 0.1) is 11.6 Å². The number of nitrogens with zero attached hydrogens (tertiary/aromatic N) is 1. The average molecular weight is 389 g/mol. The predicted molar refractivity (Wildman–Crippen MR) is 93.8 cm³/mol. The molecule has 6 nitrogen and oxygen atoms in total. The molecule has 27 heavy (non-hydrogen) atoms. The molecule has 0 saturated carbocycles. The fourth-order valence-electron chi connectivity index (χ4n) is 2.28. The van der Waals surface area contributed by atoms with Gasteiger partial charge in [0, 0.05) is 17.3 Å². The Kier molecular flexibility index (Phi) is 5.24. The first kappa shape index (κ1) is 18.6. The number of carbonyl (C=O) groups excluding carboxylic acids is 1. The van der Waals surface area contributed by atoms with Crippen molar-refractivity contribution in [1.29, 1.82) is 0 Å². The number of benzene rings is 2. The van der Waals surface area contributed by atoms with Crippen molar-refractivity contribution in [2.45, 2.75) is 4.90 Å². The van der Waals surface area contributed by atoms with Gasteiger partial charge in [-0.3, -0.25) is 15.2 Å². The van der Waals surface area contributed by atoms with E-state index in [0.29, 0.717) is 11.3 Å². The van der Waals surface area contributed by atoms with Crippen molar-refractivity contribution in [3.8, 4) is 11.3 Å². The summed E-state index contributed by atoms with van der Waals surface area (Å²) in [5.74, 6) is -2.31. The van der Waals surface area contributed by atoms with Crippen molar-refractivity contribution in [2.75, 3.05) is 0 Å². The van der Waals surface area contributed by atoms with Crippen molar-refractivity contribution >= 4 is 15.9 Å². The highest BCUT2D eigenvalue weighted by Crippen LogP contribution is 2.20. The molecule has 0 fully saturated rings. The summed E-state index contributed by atoms with van der Waals surface area (Å²) in [4.78, 5) is 17.8. The van der Waals surface area contributed by atoms with Crippen molar-refractivity contribution in [1.82, 2.24) is 15.2 Å². The van der Waals surface area contributed by atoms with Crippen LogP contribution in [0.15, 0.2) is 71.8 Å². The number of carbonyl (C=O) groups is 1. The molecule has 0 atom stereocenters. The molecule has 0 bridgehead atoms. The highest BCUT2D eigenvalue weighted by atomic mass is 32.2. The van der Waals surface area contributed by atoms with Gasteiger partial charge < -0.3 is 0 Å². The zero-order valence-electron chi connectivity index (χ0n) is 13.7. The summed E-state index contributed by atoms with van der Waals surface area (Å²) >= 11 is 0. The van der Waals surface area contributed by atoms with Crippen LogP contribution in [0.5, 0.6) is 0 Å². The lowest BCUT2D eigenvalue weighted by Crippen LogP contribution is -2.41. The van der Waals surface area contributed by atoms with Crippen molar-refractivity contribution in [3.63, 3.8) is 0 Å². The molecule has 0 aliphatic heterocycles. The fraction of sp³-hybridized carbons (Fsp3) is 0. The molecule has 0 unspecified atom stereocenters. The van der Waals surface area contributed by atoms with E-state index >= 15 is 0 Å². The minimum Gasteiger partial charge on any atom is -0.273 e. The second-order valence-electron chi connectivity index (χ2n) is 5.46. The molecule has 3 aromatic rings. The predicted octanol–water partition coefficient (Wildman–Crippen LogP) is 2.65. The molecule has 2 N–H and O–H groups in total. The Morgan fingerprint density at radius 1 is 0.926 bits per heavy atom. The quantitative estimate of drug-likeness (QED) is 0.657. The molecule has 138 valence electrons. The van der Waals surface area contributed by atoms with E-state index in [1.54, 1.807) is 18.2 Å². The van der Waals surface area contributed by atoms with Gasteiger partial charge in [-0.1, -0.05) is 12.1 Å². The normalized spacial score (nSPS) is 11.2. The molecule has 1 aromatic heterocycles. The van der Waals surface area contributed by atoms with Gasteiger partial charge in [0.05, 0.1) is 10.6 Å². The maximum absolute atomic E-state index is 13.9. The summed E-state index contributed by atoms with van der Waals surface area (Å²) in [5, 5.41) is 0. The Bertz CT molecular complexity index is 1090. The first-order valence-corrected chi connectivity index (χ1v) is 9.13. The van der Waals surface area contributed by atoms with E-state index in [1.807, 2.05) is 10.3 Å². The lowest BCUT2D eigenvalue weighted by atomic mass is 10.1. The monoisotopic (exact) mass is 389 g/mol. The summed E-state index contributed by atoms with van der Waals surface area (Å²) in [6.07, 6.45) is 1.52. The van der Waals surface area contributed by atoms with E-state index in [2.05, 4.69) is 4.98 Å². The zero-order chi connectivity index (χ0) is 19.4. The van der Waals surface area contributed by atoms with Gasteiger partial charge in [-0.2, -0.15) is 0 Å². The number of sulfonamides is 1. The van der Waals surface area contributed by atoms with Gasteiger partial charge in [0.15, 0.2) is 0 Å². The van der Waals surface area contributed by atoms with E-state index in [9.17, 15) is 22.0 Å². The number of pyridine rings is 1. The Morgan fingerprint density at radius 2 is 1.74 bits per heavy atom. The SMILES string of the molecule is O=C(NNS(=O)(=O)c1cccc(F)c1)c1cc(F)cc(-c2ccccn2)c1. The fourth-order valence-corrected chi connectivity index (χ4v) is 3.15. The lowest BCUT2D eigenvalue weighted by molar-refractivity contribution is 0.0944. The van der Waals surface area contributed by atoms with Crippen LogP contribution in [0.4, 0.5) is 8.78 Å². The molecule has 0 spiro atoms. The van der Waals surface area contributed by atoms with Crippen molar-refractivity contribution in [2.24, 2.45) is 0 Å². The highest BCUT2D eigenvalue weighted by Gasteiger charge is 2.17. The molecular formula is C18H13F2N3O3S. The molecule has 9 heteroatoms. The molecule has 1 amide bonds. The maximum atomic E-state index is 13.9. The van der Waals surface area contributed by atoms with E-state index in [1.165, 1.54) is 30.5 Å². The number of hydrogen-bond donors (Lipinski definition) is 2. The third-order valence-electron chi connectivity index (χ3n) is 3.53. The standard InChI is InChI=1S/C18H13F2N3O3S/c19-14-4-3-5-16(11-14)27(25,26)23-22-18(24)13-8-12(9-15(20)10-13)17-6-1-2-7-21-17/h1-11,23H,(H,22,24). The summed E-state index contributed by atoms with van der Waals surface area (Å²) in [5.41, 5.74) is 2.67. The van der Waals surface area contributed by atoms with Crippen LogP contribution in [0.1, 0.15) is 10.4 Å². The third kappa shape index (κ3) is 4.52.